The highest BCUT2D eigenvalue weighted by molar-refractivity contribution is 6.14. The number of aromatic carboxylic acids is 1. The fourth-order valence-electron chi connectivity index (χ4n) is 4.28. The first-order valence-electron chi connectivity index (χ1n) is 12.5. The number of hydrogen-bond donors (Lipinski definition) is 6. The van der Waals surface area contributed by atoms with Crippen molar-refractivity contribution in [3.63, 3.8) is 0 Å². The number of hydrogen-bond acceptors (Lipinski definition) is 8. The zero-order valence-corrected chi connectivity index (χ0v) is 22.5. The quantitative estimate of drug-likeness (QED) is 0.0724. The molecule has 0 aliphatic heterocycles. The molecule has 0 heterocycles. The number of rotatable bonds is 9. The summed E-state index contributed by atoms with van der Waals surface area (Å²) in [5.41, 5.74) is 1.72. The molecule has 6 N–H and O–H groups in total. The van der Waals surface area contributed by atoms with Gasteiger partial charge < -0.3 is 26.0 Å². The molecule has 0 unspecified atom stereocenters. The normalized spacial score (nSPS) is 10.6. The van der Waals surface area contributed by atoms with Crippen molar-refractivity contribution in [2.75, 3.05) is 12.4 Å². The number of benzene rings is 4. The first-order chi connectivity index (χ1) is 20.0. The molecule has 0 saturated heterocycles. The lowest BCUT2D eigenvalue weighted by atomic mass is 9.95. The predicted octanol–water partition coefficient (Wildman–Crippen LogP) is 4.60. The third-order valence-corrected chi connectivity index (χ3v) is 6.61. The van der Waals surface area contributed by atoms with Gasteiger partial charge in [-0.15, -0.1) is 0 Å². The van der Waals surface area contributed by atoms with Gasteiger partial charge in [-0.05, 0) is 65.6 Å². The number of carboxylic acids is 1. The van der Waals surface area contributed by atoms with Gasteiger partial charge in [0, 0.05) is 23.7 Å². The van der Waals surface area contributed by atoms with E-state index in [1.807, 2.05) is 0 Å². The third kappa shape index (κ3) is 6.12. The lowest BCUT2D eigenvalue weighted by Crippen LogP contribution is -2.22. The van der Waals surface area contributed by atoms with Crippen LogP contribution in [0.3, 0.4) is 0 Å². The Morgan fingerprint density at radius 1 is 0.738 bits per heavy atom. The fourth-order valence-corrected chi connectivity index (χ4v) is 4.28. The average Bonchev–Trinajstić information content (AvgIpc) is 2.98. The molecular weight excluding hydrogens is 544 g/mol. The summed E-state index contributed by atoms with van der Waals surface area (Å²) in [6.07, 6.45) is 0. The number of phenolic OH excluding ortho intramolecular Hbond substituents is 2. The van der Waals surface area contributed by atoms with E-state index < -0.39 is 23.6 Å². The van der Waals surface area contributed by atoms with Crippen molar-refractivity contribution in [2.24, 2.45) is 0 Å². The van der Waals surface area contributed by atoms with Crippen molar-refractivity contribution < 1.29 is 44.6 Å². The van der Waals surface area contributed by atoms with Crippen molar-refractivity contribution in [1.29, 1.82) is 0 Å². The summed E-state index contributed by atoms with van der Waals surface area (Å²) in [6, 6.07) is 17.2. The lowest BCUT2D eigenvalue weighted by Gasteiger charge is -2.13. The number of amides is 2. The summed E-state index contributed by atoms with van der Waals surface area (Å²) in [5, 5.41) is 44.0. The molecular formula is C31H26N2O9. The van der Waals surface area contributed by atoms with Crippen LogP contribution < -0.4 is 10.6 Å². The van der Waals surface area contributed by atoms with Crippen LogP contribution in [-0.2, 0) is 11.5 Å². The minimum absolute atomic E-state index is 0.00601. The Morgan fingerprint density at radius 2 is 1.36 bits per heavy atom. The molecule has 11 nitrogen and oxygen atoms in total. The van der Waals surface area contributed by atoms with Gasteiger partial charge in [-0.25, -0.2) is 9.68 Å². The molecule has 4 aromatic rings. The predicted molar refractivity (Wildman–Crippen MR) is 152 cm³/mol. The fraction of sp³-hybridized carbons (Fsp3) is 0.0968. The second-order valence-corrected chi connectivity index (χ2v) is 9.31. The van der Waals surface area contributed by atoms with Crippen LogP contribution in [0.5, 0.6) is 11.5 Å². The molecule has 0 radical (unpaired) electrons. The van der Waals surface area contributed by atoms with Gasteiger partial charge in [0.05, 0.1) is 16.8 Å². The highest BCUT2D eigenvalue weighted by Gasteiger charge is 2.21. The molecule has 11 heteroatoms. The molecule has 0 saturated carbocycles. The topological polar surface area (TPSA) is 182 Å². The molecule has 0 bridgehead atoms. The minimum Gasteiger partial charge on any atom is -0.508 e. The summed E-state index contributed by atoms with van der Waals surface area (Å²) >= 11 is 0. The molecule has 4 rings (SSSR count). The van der Waals surface area contributed by atoms with Gasteiger partial charge in [0.25, 0.3) is 11.8 Å². The SMILES string of the molecule is CNC(=O)c1cc(C(=O)c2ccc(COO)c(C(=O)Nc3ccc(-c4ccc(C)c(O)c4)cc3O)c2)ccc1C(=O)O. The van der Waals surface area contributed by atoms with Gasteiger partial charge >= 0.3 is 5.97 Å². The zero-order chi connectivity index (χ0) is 30.6. The van der Waals surface area contributed by atoms with E-state index in [0.29, 0.717) is 16.7 Å². The van der Waals surface area contributed by atoms with Gasteiger partial charge in [0.15, 0.2) is 5.78 Å². The molecule has 0 aromatic heterocycles. The van der Waals surface area contributed by atoms with Crippen LogP contribution in [0.4, 0.5) is 5.69 Å². The summed E-state index contributed by atoms with van der Waals surface area (Å²) in [5.74, 6) is -3.51. The van der Waals surface area contributed by atoms with Crippen LogP contribution in [0, 0.1) is 6.92 Å². The molecule has 42 heavy (non-hydrogen) atoms. The van der Waals surface area contributed by atoms with Crippen LogP contribution in [0.1, 0.15) is 58.1 Å². The summed E-state index contributed by atoms with van der Waals surface area (Å²) < 4.78 is 0. The number of aromatic hydroxyl groups is 2. The molecule has 0 atom stereocenters. The summed E-state index contributed by atoms with van der Waals surface area (Å²) in [6.45, 7) is 1.37. The van der Waals surface area contributed by atoms with E-state index in [1.54, 1.807) is 31.2 Å². The number of carbonyl (C=O) groups excluding carboxylic acids is 3. The van der Waals surface area contributed by atoms with Gasteiger partial charge in [-0.3, -0.25) is 19.6 Å². The maximum absolute atomic E-state index is 13.3. The Labute approximate surface area is 239 Å². The van der Waals surface area contributed by atoms with E-state index in [0.717, 1.165) is 12.1 Å². The number of nitrogens with one attached hydrogen (secondary N) is 2. The van der Waals surface area contributed by atoms with Crippen LogP contribution >= 0.6 is 0 Å². The number of carboxylic acid groups (broad SMARTS) is 1. The highest BCUT2D eigenvalue weighted by atomic mass is 17.1. The van der Waals surface area contributed by atoms with E-state index in [2.05, 4.69) is 15.5 Å². The summed E-state index contributed by atoms with van der Waals surface area (Å²) in [4.78, 5) is 54.6. The first-order valence-corrected chi connectivity index (χ1v) is 12.5. The Bertz CT molecular complexity index is 1730. The van der Waals surface area contributed by atoms with Crippen LogP contribution in [0.15, 0.2) is 72.8 Å². The number of carbonyl (C=O) groups is 4. The molecule has 0 spiro atoms. The smallest absolute Gasteiger partial charge is 0.336 e. The van der Waals surface area contributed by atoms with Crippen molar-refractivity contribution in [3.8, 4) is 22.6 Å². The van der Waals surface area contributed by atoms with Crippen molar-refractivity contribution in [3.05, 3.63) is 112 Å². The largest absolute Gasteiger partial charge is 0.508 e. The maximum atomic E-state index is 13.3. The monoisotopic (exact) mass is 570 g/mol. The van der Waals surface area contributed by atoms with Gasteiger partial charge in [0.2, 0.25) is 0 Å². The molecule has 0 aliphatic carbocycles. The lowest BCUT2D eigenvalue weighted by molar-refractivity contribution is -0.253. The molecule has 2 amide bonds. The maximum Gasteiger partial charge on any atom is 0.336 e. The van der Waals surface area contributed by atoms with Crippen molar-refractivity contribution in [2.45, 2.75) is 13.5 Å². The second-order valence-electron chi connectivity index (χ2n) is 9.31. The van der Waals surface area contributed by atoms with Crippen LogP contribution in [0.25, 0.3) is 11.1 Å². The molecule has 4 aromatic carbocycles. The summed E-state index contributed by atoms with van der Waals surface area (Å²) in [7, 11) is 1.33. The van der Waals surface area contributed by atoms with Crippen molar-refractivity contribution in [1.82, 2.24) is 5.32 Å². The van der Waals surface area contributed by atoms with E-state index in [-0.39, 0.29) is 57.2 Å². The molecule has 0 aliphatic rings. The van der Waals surface area contributed by atoms with Gasteiger partial charge in [-0.1, -0.05) is 36.4 Å². The van der Waals surface area contributed by atoms with E-state index >= 15 is 0 Å². The standard InChI is InChI=1S/C31H26N2O9/c1-16-3-4-17(13-26(16)34)18-8-10-25(27(35)14-18)33-30(38)23-11-19(5-6-21(23)15-42-41)28(36)20-7-9-22(31(39)40)24(12-20)29(37)32-2/h3-14,34-35,41H,15H2,1-2H3,(H,32,37)(H,33,38)(H,39,40). The third-order valence-electron chi connectivity index (χ3n) is 6.61. The van der Waals surface area contributed by atoms with Gasteiger partial charge in [-0.2, -0.15) is 0 Å². The Morgan fingerprint density at radius 3 is 1.95 bits per heavy atom. The molecule has 214 valence electrons. The van der Waals surface area contributed by atoms with Gasteiger partial charge in [0.1, 0.15) is 18.1 Å². The number of anilines is 1. The first kappa shape index (κ1) is 29.5. The zero-order valence-electron chi connectivity index (χ0n) is 22.5. The molecule has 0 fully saturated rings. The van der Waals surface area contributed by atoms with E-state index in [1.165, 1.54) is 43.4 Å². The van der Waals surface area contributed by atoms with Crippen LogP contribution in [0.2, 0.25) is 0 Å². The Kier molecular flexibility index (Phi) is 8.65. The number of ketones is 1. The highest BCUT2D eigenvalue weighted by Crippen LogP contribution is 2.33. The van der Waals surface area contributed by atoms with E-state index in [4.69, 9.17) is 5.26 Å². The number of aryl methyl sites for hydroxylation is 1. The average molecular weight is 571 g/mol. The van der Waals surface area contributed by atoms with Crippen LogP contribution in [-0.4, -0.2) is 51.2 Å². The van der Waals surface area contributed by atoms with Crippen molar-refractivity contribution >= 4 is 29.3 Å². The second kappa shape index (κ2) is 12.3. The minimum atomic E-state index is -1.34. The van der Waals surface area contributed by atoms with E-state index in [9.17, 15) is 34.5 Å². The Balaban J connectivity index is 1.65. The Hall–Kier alpha value is -5.52. The number of phenols is 2.